The van der Waals surface area contributed by atoms with Gasteiger partial charge in [0.2, 0.25) is 5.78 Å². The van der Waals surface area contributed by atoms with Crippen LogP contribution in [0.4, 0.5) is 0 Å². The van der Waals surface area contributed by atoms with Gasteiger partial charge in [0.1, 0.15) is 0 Å². The van der Waals surface area contributed by atoms with Crippen LogP contribution in [-0.2, 0) is 19.4 Å². The Morgan fingerprint density at radius 3 is 2.78 bits per heavy atom. The van der Waals surface area contributed by atoms with E-state index in [0.29, 0.717) is 22.9 Å². The van der Waals surface area contributed by atoms with Gasteiger partial charge in [0, 0.05) is 12.1 Å². The number of carbonyl (C=O) groups excluding carboxylic acids is 1. The average Bonchev–Trinajstić information content (AvgIpc) is 3.45. The summed E-state index contributed by atoms with van der Waals surface area (Å²) in [6.07, 6.45) is 5.18. The minimum absolute atomic E-state index is 0.0484. The maximum Gasteiger partial charge on any atom is 0.262 e. The third-order valence-electron chi connectivity index (χ3n) is 6.25. The molecule has 0 saturated heterocycles. The number of hydrogen-bond donors (Lipinski definition) is 0. The lowest BCUT2D eigenvalue weighted by atomic mass is 10.0. The summed E-state index contributed by atoms with van der Waals surface area (Å²) < 4.78 is 3.62. The molecule has 0 saturated carbocycles. The van der Waals surface area contributed by atoms with Crippen molar-refractivity contribution in [2.75, 3.05) is 0 Å². The van der Waals surface area contributed by atoms with Crippen molar-refractivity contribution in [2.24, 2.45) is 0 Å². The Morgan fingerprint density at radius 2 is 1.94 bits per heavy atom. The maximum absolute atomic E-state index is 13.2. The van der Waals surface area contributed by atoms with Gasteiger partial charge in [-0.2, -0.15) is 0 Å². The second kappa shape index (κ2) is 8.54. The molecule has 0 spiro atoms. The molecule has 0 bridgehead atoms. The fourth-order valence-corrected chi connectivity index (χ4v) is 5.43. The van der Waals surface area contributed by atoms with Crippen molar-refractivity contribution in [1.29, 1.82) is 0 Å². The van der Waals surface area contributed by atoms with Crippen LogP contribution in [0.5, 0.6) is 0 Å². The molecule has 2 heterocycles. The van der Waals surface area contributed by atoms with Crippen molar-refractivity contribution in [3.63, 3.8) is 0 Å². The first-order valence-electron chi connectivity index (χ1n) is 11.3. The summed E-state index contributed by atoms with van der Waals surface area (Å²) in [5.41, 5.74) is 4.13. The van der Waals surface area contributed by atoms with Crippen molar-refractivity contribution < 1.29 is 4.79 Å². The second-order valence-electron chi connectivity index (χ2n) is 8.41. The zero-order valence-electron chi connectivity index (χ0n) is 18.4. The lowest BCUT2D eigenvalue weighted by Crippen LogP contribution is -2.23. The van der Waals surface area contributed by atoms with Crippen LogP contribution in [-0.4, -0.2) is 30.2 Å². The summed E-state index contributed by atoms with van der Waals surface area (Å²) in [7, 11) is 0. The summed E-state index contributed by atoms with van der Waals surface area (Å²) in [6.45, 7) is 4.60. The van der Waals surface area contributed by atoms with Gasteiger partial charge in [0.05, 0.1) is 16.2 Å². The summed E-state index contributed by atoms with van der Waals surface area (Å²) in [5.74, 6) is 0.617. The molecule has 0 aliphatic heterocycles. The Kier molecular flexibility index (Phi) is 5.59. The van der Waals surface area contributed by atoms with Gasteiger partial charge in [-0.25, -0.2) is 0 Å². The molecule has 2 aromatic carbocycles. The Labute approximate surface area is 190 Å². The predicted octanol–water partition coefficient (Wildman–Crippen LogP) is 4.70. The fourth-order valence-electron chi connectivity index (χ4n) is 4.50. The standard InChI is InChI=1S/C25H26N4O2S/c1-3-4-14-28-23(31)20-10-5-6-11-21(20)29-24(28)26-27-25(29)32-16(2)22(30)19-13-12-17-8-7-9-18(17)15-19/h5-6,10-13,15-16H,3-4,7-9,14H2,1-2H3. The molecular weight excluding hydrogens is 420 g/mol. The van der Waals surface area contributed by atoms with E-state index in [1.807, 2.05) is 41.7 Å². The molecule has 6 nitrogen and oxygen atoms in total. The van der Waals surface area contributed by atoms with Crippen molar-refractivity contribution in [3.05, 3.63) is 69.5 Å². The van der Waals surface area contributed by atoms with Gasteiger partial charge in [0.25, 0.3) is 5.56 Å². The Morgan fingerprint density at radius 1 is 1.12 bits per heavy atom. The molecule has 4 aromatic rings. The summed E-state index contributed by atoms with van der Waals surface area (Å²) in [6, 6.07) is 13.6. The summed E-state index contributed by atoms with van der Waals surface area (Å²) >= 11 is 1.39. The number of Topliss-reactive ketones (excluding diaryl/α,β-unsaturated/α-hetero) is 1. The van der Waals surface area contributed by atoms with Crippen molar-refractivity contribution >= 4 is 34.2 Å². The van der Waals surface area contributed by atoms with E-state index in [-0.39, 0.29) is 16.6 Å². The Balaban J connectivity index is 1.54. The summed E-state index contributed by atoms with van der Waals surface area (Å²) in [5, 5.41) is 9.69. The molecule has 1 atom stereocenters. The highest BCUT2D eigenvalue weighted by Crippen LogP contribution is 2.29. The van der Waals surface area contributed by atoms with E-state index < -0.39 is 0 Å². The first-order valence-corrected chi connectivity index (χ1v) is 12.2. The molecular formula is C25H26N4O2S. The number of ketones is 1. The van der Waals surface area contributed by atoms with Gasteiger partial charge >= 0.3 is 0 Å². The van der Waals surface area contributed by atoms with Gasteiger partial charge in [-0.05, 0) is 61.9 Å². The summed E-state index contributed by atoms with van der Waals surface area (Å²) in [4.78, 5) is 26.3. The zero-order valence-corrected chi connectivity index (χ0v) is 19.2. The number of unbranched alkanes of at least 4 members (excludes halogenated alkanes) is 1. The van der Waals surface area contributed by atoms with E-state index in [1.54, 1.807) is 4.57 Å². The molecule has 32 heavy (non-hydrogen) atoms. The van der Waals surface area contributed by atoms with E-state index in [4.69, 9.17) is 0 Å². The van der Waals surface area contributed by atoms with E-state index in [2.05, 4.69) is 29.3 Å². The van der Waals surface area contributed by atoms with Gasteiger partial charge in [-0.1, -0.05) is 49.4 Å². The van der Waals surface area contributed by atoms with Crippen molar-refractivity contribution in [2.45, 2.75) is 62.9 Å². The van der Waals surface area contributed by atoms with E-state index in [9.17, 15) is 9.59 Å². The van der Waals surface area contributed by atoms with Crippen LogP contribution in [0.15, 0.2) is 52.4 Å². The van der Waals surface area contributed by atoms with Gasteiger partial charge < -0.3 is 0 Å². The molecule has 1 aliphatic carbocycles. The second-order valence-corrected chi connectivity index (χ2v) is 9.71. The van der Waals surface area contributed by atoms with Crippen LogP contribution in [0, 0.1) is 0 Å². The van der Waals surface area contributed by atoms with E-state index >= 15 is 0 Å². The number of thioether (sulfide) groups is 1. The van der Waals surface area contributed by atoms with Crippen molar-refractivity contribution in [3.8, 4) is 0 Å². The predicted molar refractivity (Wildman–Crippen MR) is 128 cm³/mol. The van der Waals surface area contributed by atoms with Crippen molar-refractivity contribution in [1.82, 2.24) is 19.2 Å². The normalized spacial score (nSPS) is 14.2. The first kappa shape index (κ1) is 20.9. The molecule has 0 radical (unpaired) electrons. The van der Waals surface area contributed by atoms with Gasteiger partial charge in [0.15, 0.2) is 10.9 Å². The van der Waals surface area contributed by atoms with Crippen LogP contribution < -0.4 is 5.56 Å². The van der Waals surface area contributed by atoms with Crippen LogP contribution in [0.1, 0.15) is 54.6 Å². The highest BCUT2D eigenvalue weighted by atomic mass is 32.2. The molecule has 2 aromatic heterocycles. The van der Waals surface area contributed by atoms with Gasteiger partial charge in [-0.3, -0.25) is 18.6 Å². The Bertz CT molecular complexity index is 1390. The number of benzene rings is 2. The number of rotatable bonds is 7. The van der Waals surface area contributed by atoms with Gasteiger partial charge in [-0.15, -0.1) is 10.2 Å². The van der Waals surface area contributed by atoms with Crippen LogP contribution in [0.3, 0.4) is 0 Å². The number of carbonyl (C=O) groups is 1. The largest absolute Gasteiger partial charge is 0.293 e. The zero-order chi connectivity index (χ0) is 22.2. The van der Waals surface area contributed by atoms with Crippen LogP contribution in [0.25, 0.3) is 16.7 Å². The minimum Gasteiger partial charge on any atom is -0.293 e. The quantitative estimate of drug-likeness (QED) is 0.304. The molecule has 0 N–H and O–H groups in total. The monoisotopic (exact) mass is 446 g/mol. The lowest BCUT2D eigenvalue weighted by Gasteiger charge is -2.13. The number of nitrogens with zero attached hydrogens (tertiary/aromatic N) is 4. The SMILES string of the molecule is CCCCn1c(=O)c2ccccc2n2c(SC(C)C(=O)c3ccc4c(c3)CCC4)nnc12. The molecule has 5 rings (SSSR count). The number of para-hydroxylation sites is 1. The van der Waals surface area contributed by atoms with E-state index in [0.717, 1.165) is 43.2 Å². The maximum atomic E-state index is 13.2. The molecule has 0 fully saturated rings. The molecule has 7 heteroatoms. The third kappa shape index (κ3) is 3.54. The molecule has 0 amide bonds. The van der Waals surface area contributed by atoms with Crippen LogP contribution in [0.2, 0.25) is 0 Å². The smallest absolute Gasteiger partial charge is 0.262 e. The Hall–Kier alpha value is -2.93. The fraction of sp³-hybridized carbons (Fsp3) is 0.360. The first-order chi connectivity index (χ1) is 15.6. The molecule has 1 unspecified atom stereocenters. The van der Waals surface area contributed by atoms with Crippen LogP contribution >= 0.6 is 11.8 Å². The number of fused-ring (bicyclic) bond motifs is 4. The third-order valence-corrected chi connectivity index (χ3v) is 7.29. The molecule has 164 valence electrons. The molecule has 1 aliphatic rings. The highest BCUT2D eigenvalue weighted by Gasteiger charge is 2.23. The van der Waals surface area contributed by atoms with E-state index in [1.165, 1.54) is 22.9 Å². The lowest BCUT2D eigenvalue weighted by molar-refractivity contribution is 0.0993. The average molecular weight is 447 g/mol. The highest BCUT2D eigenvalue weighted by molar-refractivity contribution is 8.00. The number of hydrogen-bond acceptors (Lipinski definition) is 5. The minimum atomic E-state index is -0.323. The topological polar surface area (TPSA) is 69.3 Å². The number of aromatic nitrogens is 4. The number of aryl methyl sites for hydroxylation is 3.